The van der Waals surface area contributed by atoms with Crippen LogP contribution in [0.5, 0.6) is 0 Å². The summed E-state index contributed by atoms with van der Waals surface area (Å²) in [4.78, 5) is 18.1. The number of nitrogens with one attached hydrogen (secondary N) is 1. The largest absolute Gasteiger partial charge is 0.351 e. The lowest BCUT2D eigenvalue weighted by Gasteiger charge is -2.04. The van der Waals surface area contributed by atoms with E-state index in [0.29, 0.717) is 18.8 Å². The number of unbranched alkanes of at least 4 members (excludes halogenated alkanes) is 1. The molecule has 0 aliphatic heterocycles. The van der Waals surface area contributed by atoms with Crippen molar-refractivity contribution in [3.8, 4) is 0 Å². The van der Waals surface area contributed by atoms with Gasteiger partial charge in [0, 0.05) is 25.0 Å². The summed E-state index contributed by atoms with van der Waals surface area (Å²) >= 11 is 0. The molecule has 0 aromatic carbocycles. The molecule has 1 N–H and O–H groups in total. The zero-order valence-electron chi connectivity index (χ0n) is 9.13. The number of aromatic nitrogens is 2. The van der Waals surface area contributed by atoms with E-state index in [4.69, 9.17) is 5.53 Å². The van der Waals surface area contributed by atoms with Crippen molar-refractivity contribution in [1.82, 2.24) is 14.9 Å². The molecule has 7 nitrogen and oxygen atoms in total. The lowest BCUT2D eigenvalue weighted by atomic mass is 10.3. The van der Waals surface area contributed by atoms with Gasteiger partial charge in [-0.25, -0.2) is 4.98 Å². The van der Waals surface area contributed by atoms with Crippen molar-refractivity contribution in [3.05, 3.63) is 28.7 Å². The Bertz CT molecular complexity index is 392. The molecule has 86 valence electrons. The maximum absolute atomic E-state index is 11.6. The number of aryl methyl sites for hydroxylation is 1. The molecule has 1 aromatic rings. The molecule has 0 saturated carbocycles. The number of hydrogen-bond acceptors (Lipinski definition) is 3. The van der Waals surface area contributed by atoms with E-state index in [1.54, 1.807) is 17.9 Å². The Kier molecular flexibility index (Phi) is 4.88. The molecular formula is C9H14N6O. The summed E-state index contributed by atoms with van der Waals surface area (Å²) in [6.07, 6.45) is 4.67. The van der Waals surface area contributed by atoms with Crippen molar-refractivity contribution in [2.75, 3.05) is 13.1 Å². The van der Waals surface area contributed by atoms with Gasteiger partial charge in [-0.15, -0.1) is 0 Å². The van der Waals surface area contributed by atoms with E-state index in [1.165, 1.54) is 6.20 Å². The lowest BCUT2D eigenvalue weighted by molar-refractivity contribution is 0.0945. The highest BCUT2D eigenvalue weighted by Crippen LogP contribution is 1.96. The van der Waals surface area contributed by atoms with Gasteiger partial charge in [0.1, 0.15) is 5.69 Å². The predicted molar refractivity (Wildman–Crippen MR) is 58.8 cm³/mol. The Morgan fingerprint density at radius 3 is 3.12 bits per heavy atom. The molecule has 1 heterocycles. The maximum atomic E-state index is 11.6. The van der Waals surface area contributed by atoms with E-state index in [1.807, 2.05) is 0 Å². The maximum Gasteiger partial charge on any atom is 0.269 e. The third-order valence-corrected chi connectivity index (χ3v) is 2.08. The van der Waals surface area contributed by atoms with Crippen LogP contribution >= 0.6 is 0 Å². The first-order valence-corrected chi connectivity index (χ1v) is 5.01. The van der Waals surface area contributed by atoms with Crippen LogP contribution in [0.3, 0.4) is 0 Å². The number of amides is 1. The Labute approximate surface area is 93.1 Å². The summed E-state index contributed by atoms with van der Waals surface area (Å²) in [5.41, 5.74) is 8.58. The first kappa shape index (κ1) is 12.1. The van der Waals surface area contributed by atoms with Crippen molar-refractivity contribution in [2.24, 2.45) is 12.2 Å². The summed E-state index contributed by atoms with van der Waals surface area (Å²) < 4.78 is 1.66. The molecule has 16 heavy (non-hydrogen) atoms. The number of nitrogens with zero attached hydrogens (tertiary/aromatic N) is 5. The normalized spacial score (nSPS) is 9.56. The van der Waals surface area contributed by atoms with Crippen molar-refractivity contribution in [3.63, 3.8) is 0 Å². The van der Waals surface area contributed by atoms with Gasteiger partial charge in [0.2, 0.25) is 0 Å². The second-order valence-corrected chi connectivity index (χ2v) is 3.31. The fourth-order valence-electron chi connectivity index (χ4n) is 1.22. The summed E-state index contributed by atoms with van der Waals surface area (Å²) in [6.45, 7) is 1.04. The van der Waals surface area contributed by atoms with Gasteiger partial charge < -0.3 is 9.88 Å². The SMILES string of the molecule is Cn1cncc1C(=O)NCCCCN=[N+]=[N-]. The molecular weight excluding hydrogens is 208 g/mol. The fourth-order valence-corrected chi connectivity index (χ4v) is 1.22. The van der Waals surface area contributed by atoms with Crippen molar-refractivity contribution in [1.29, 1.82) is 0 Å². The molecule has 1 aromatic heterocycles. The number of hydrogen-bond donors (Lipinski definition) is 1. The Hall–Kier alpha value is -2.01. The summed E-state index contributed by atoms with van der Waals surface area (Å²) in [7, 11) is 1.77. The highest BCUT2D eigenvalue weighted by molar-refractivity contribution is 5.92. The highest BCUT2D eigenvalue weighted by Gasteiger charge is 2.07. The molecule has 1 rings (SSSR count). The van der Waals surface area contributed by atoms with Gasteiger partial charge in [-0.05, 0) is 18.4 Å². The zero-order valence-corrected chi connectivity index (χ0v) is 9.13. The van der Waals surface area contributed by atoms with Crippen LogP contribution in [0.1, 0.15) is 23.3 Å². The summed E-state index contributed by atoms with van der Waals surface area (Å²) in [5.74, 6) is -0.135. The van der Waals surface area contributed by atoms with E-state index in [2.05, 4.69) is 20.3 Å². The summed E-state index contributed by atoms with van der Waals surface area (Å²) in [5, 5.41) is 6.17. The van der Waals surface area contributed by atoms with E-state index < -0.39 is 0 Å². The zero-order chi connectivity index (χ0) is 11.8. The van der Waals surface area contributed by atoms with Gasteiger partial charge in [-0.3, -0.25) is 4.79 Å². The Balaban J connectivity index is 2.21. The molecule has 7 heteroatoms. The first-order chi connectivity index (χ1) is 7.75. The third-order valence-electron chi connectivity index (χ3n) is 2.08. The smallest absolute Gasteiger partial charge is 0.269 e. The number of azide groups is 1. The van der Waals surface area contributed by atoms with Gasteiger partial charge >= 0.3 is 0 Å². The molecule has 0 atom stereocenters. The minimum atomic E-state index is -0.135. The number of carbonyl (C=O) groups is 1. The topological polar surface area (TPSA) is 95.7 Å². The van der Waals surface area contributed by atoms with Crippen LogP contribution in [0, 0.1) is 0 Å². The monoisotopic (exact) mass is 222 g/mol. The number of rotatable bonds is 6. The minimum absolute atomic E-state index is 0.135. The molecule has 0 fully saturated rings. The molecule has 0 spiro atoms. The fraction of sp³-hybridized carbons (Fsp3) is 0.556. The second kappa shape index (κ2) is 6.47. The third kappa shape index (κ3) is 3.62. The van der Waals surface area contributed by atoms with E-state index >= 15 is 0 Å². The van der Waals surface area contributed by atoms with Crippen molar-refractivity contribution < 1.29 is 4.79 Å². The molecule has 0 bridgehead atoms. The molecule has 1 amide bonds. The lowest BCUT2D eigenvalue weighted by Crippen LogP contribution is -2.26. The average Bonchev–Trinajstić information content (AvgIpc) is 2.69. The quantitative estimate of drug-likeness (QED) is 0.339. The van der Waals surface area contributed by atoms with E-state index in [0.717, 1.165) is 12.8 Å². The van der Waals surface area contributed by atoms with Crippen LogP contribution < -0.4 is 5.32 Å². The molecule has 0 unspecified atom stereocenters. The van der Waals surface area contributed by atoms with Gasteiger partial charge in [0.15, 0.2) is 0 Å². The molecule has 0 aliphatic rings. The Morgan fingerprint density at radius 1 is 1.69 bits per heavy atom. The molecule has 0 aliphatic carbocycles. The summed E-state index contributed by atoms with van der Waals surface area (Å²) in [6, 6.07) is 0. The van der Waals surface area contributed by atoms with E-state index in [9.17, 15) is 4.79 Å². The van der Waals surface area contributed by atoms with Crippen molar-refractivity contribution in [2.45, 2.75) is 12.8 Å². The van der Waals surface area contributed by atoms with Crippen LogP contribution in [0.15, 0.2) is 17.6 Å². The van der Waals surface area contributed by atoms with Crippen molar-refractivity contribution >= 4 is 5.91 Å². The van der Waals surface area contributed by atoms with Crippen LogP contribution in [-0.4, -0.2) is 28.5 Å². The van der Waals surface area contributed by atoms with E-state index in [-0.39, 0.29) is 5.91 Å². The van der Waals surface area contributed by atoms with Gasteiger partial charge in [-0.2, -0.15) is 0 Å². The van der Waals surface area contributed by atoms with Gasteiger partial charge in [0.25, 0.3) is 5.91 Å². The van der Waals surface area contributed by atoms with Crippen LogP contribution in [0.2, 0.25) is 0 Å². The van der Waals surface area contributed by atoms with Gasteiger partial charge in [0.05, 0.1) is 12.5 Å². The molecule has 0 radical (unpaired) electrons. The number of carbonyl (C=O) groups excluding carboxylic acids is 1. The van der Waals surface area contributed by atoms with Gasteiger partial charge in [-0.1, -0.05) is 5.11 Å². The van der Waals surface area contributed by atoms with Crippen LogP contribution in [0.25, 0.3) is 10.4 Å². The second-order valence-electron chi connectivity index (χ2n) is 3.31. The standard InChI is InChI=1S/C9H14N6O/c1-15-7-11-6-8(15)9(16)12-4-2-3-5-13-14-10/h6-7H,2-5H2,1H3,(H,12,16). The molecule has 0 saturated heterocycles. The van der Waals surface area contributed by atoms with Crippen LogP contribution in [-0.2, 0) is 7.05 Å². The van der Waals surface area contributed by atoms with Crippen LogP contribution in [0.4, 0.5) is 0 Å². The average molecular weight is 222 g/mol. The first-order valence-electron chi connectivity index (χ1n) is 5.01. The highest BCUT2D eigenvalue weighted by atomic mass is 16.1. The number of imidazole rings is 1. The Morgan fingerprint density at radius 2 is 2.50 bits per heavy atom. The predicted octanol–water partition coefficient (Wildman–Crippen LogP) is 1.24. The minimum Gasteiger partial charge on any atom is -0.351 e.